The fourth-order valence-corrected chi connectivity index (χ4v) is 2.35. The van der Waals surface area contributed by atoms with Gasteiger partial charge >= 0.3 is 12.1 Å². The number of ether oxygens (including phenoxy) is 2. The number of methoxy groups -OCH3 is 1. The van der Waals surface area contributed by atoms with E-state index < -0.39 is 11.6 Å². The largest absolute Gasteiger partial charge is 0.464 e. The topological polar surface area (TPSA) is 93.7 Å². The number of amides is 1. The number of likely N-dealkylation sites (tertiary alicyclic amines) is 1. The molecule has 0 atom stereocenters. The summed E-state index contributed by atoms with van der Waals surface area (Å²) in [6.45, 7) is 6.82. The van der Waals surface area contributed by atoms with E-state index >= 15 is 0 Å². The Morgan fingerprint density at radius 1 is 1.21 bits per heavy atom. The highest BCUT2D eigenvalue weighted by atomic mass is 16.6. The molecule has 0 unspecified atom stereocenters. The first-order valence-corrected chi connectivity index (χ1v) is 7.93. The summed E-state index contributed by atoms with van der Waals surface area (Å²) in [7, 11) is 1.30. The van der Waals surface area contributed by atoms with Crippen molar-refractivity contribution in [2.45, 2.75) is 45.3 Å². The number of piperidine rings is 1. The third kappa shape index (κ3) is 5.07. The maximum atomic E-state index is 12.0. The second kappa shape index (κ2) is 7.46. The summed E-state index contributed by atoms with van der Waals surface area (Å²) in [5.41, 5.74) is -0.314. The van der Waals surface area contributed by atoms with Crippen LogP contribution in [-0.2, 0) is 9.47 Å². The molecule has 1 aromatic rings. The quantitative estimate of drug-likeness (QED) is 0.844. The van der Waals surface area contributed by atoms with Gasteiger partial charge in [-0.3, -0.25) is 0 Å². The fourth-order valence-electron chi connectivity index (χ4n) is 2.35. The molecule has 1 N–H and O–H groups in total. The van der Waals surface area contributed by atoms with Gasteiger partial charge in [0.15, 0.2) is 5.69 Å². The Hall–Kier alpha value is -2.38. The van der Waals surface area contributed by atoms with Crippen molar-refractivity contribution in [1.29, 1.82) is 0 Å². The number of aromatic nitrogens is 2. The van der Waals surface area contributed by atoms with Crippen molar-refractivity contribution in [2.75, 3.05) is 25.5 Å². The molecule has 0 spiro atoms. The Balaban J connectivity index is 1.82. The number of carbonyl (C=O) groups is 2. The molecule has 1 fully saturated rings. The van der Waals surface area contributed by atoms with Crippen LogP contribution in [0, 0.1) is 0 Å². The minimum atomic E-state index is -0.514. The Kier molecular flexibility index (Phi) is 5.58. The first-order valence-electron chi connectivity index (χ1n) is 7.93. The molecule has 0 bridgehead atoms. The molecule has 2 heterocycles. The van der Waals surface area contributed by atoms with Crippen LogP contribution in [0.3, 0.4) is 0 Å². The van der Waals surface area contributed by atoms with E-state index in [9.17, 15) is 9.59 Å². The van der Waals surface area contributed by atoms with Gasteiger partial charge in [-0.2, -0.15) is 0 Å². The van der Waals surface area contributed by atoms with Crippen molar-refractivity contribution in [1.82, 2.24) is 14.9 Å². The maximum absolute atomic E-state index is 12.0. The molecule has 1 saturated heterocycles. The van der Waals surface area contributed by atoms with Gasteiger partial charge in [-0.05, 0) is 33.6 Å². The summed E-state index contributed by atoms with van der Waals surface area (Å²) in [6.07, 6.45) is 4.19. The lowest BCUT2D eigenvalue weighted by Crippen LogP contribution is -2.44. The summed E-state index contributed by atoms with van der Waals surface area (Å²) >= 11 is 0. The number of anilines is 1. The molecular weight excluding hydrogens is 312 g/mol. The lowest BCUT2D eigenvalue weighted by Gasteiger charge is -2.33. The second-order valence-corrected chi connectivity index (χ2v) is 6.66. The zero-order valence-electron chi connectivity index (χ0n) is 14.5. The van der Waals surface area contributed by atoms with E-state index in [1.165, 1.54) is 19.5 Å². The SMILES string of the molecule is COC(=O)c1cnc(NC2CCN(C(=O)OC(C)(C)C)CC2)cn1. The van der Waals surface area contributed by atoms with Crippen LogP contribution in [0.5, 0.6) is 0 Å². The van der Waals surface area contributed by atoms with Crippen LogP contribution in [-0.4, -0.2) is 58.8 Å². The number of rotatable bonds is 3. The monoisotopic (exact) mass is 336 g/mol. The molecule has 24 heavy (non-hydrogen) atoms. The maximum Gasteiger partial charge on any atom is 0.410 e. The van der Waals surface area contributed by atoms with Crippen molar-refractivity contribution in [2.24, 2.45) is 0 Å². The zero-order chi connectivity index (χ0) is 17.7. The number of nitrogens with one attached hydrogen (secondary N) is 1. The standard InChI is InChI=1S/C16H24N4O4/c1-16(2,3)24-15(22)20-7-5-11(6-8-20)19-13-10-17-12(9-18-13)14(21)23-4/h9-11H,5-8H2,1-4H3,(H,18,19). The molecule has 1 aliphatic heterocycles. The van der Waals surface area contributed by atoms with E-state index in [1.54, 1.807) is 4.90 Å². The van der Waals surface area contributed by atoms with Crippen molar-refractivity contribution >= 4 is 17.9 Å². The van der Waals surface area contributed by atoms with Crippen LogP contribution in [0.25, 0.3) is 0 Å². The highest BCUT2D eigenvalue weighted by Crippen LogP contribution is 2.17. The van der Waals surface area contributed by atoms with Crippen molar-refractivity contribution in [3.05, 3.63) is 18.1 Å². The third-order valence-electron chi connectivity index (χ3n) is 3.55. The van der Waals surface area contributed by atoms with Gasteiger partial charge in [-0.25, -0.2) is 19.6 Å². The predicted octanol–water partition coefficient (Wildman–Crippen LogP) is 2.07. The molecule has 2 rings (SSSR count). The van der Waals surface area contributed by atoms with Crippen molar-refractivity contribution in [3.8, 4) is 0 Å². The van der Waals surface area contributed by atoms with Gasteiger partial charge in [0.2, 0.25) is 0 Å². The van der Waals surface area contributed by atoms with Crippen LogP contribution in [0.1, 0.15) is 44.1 Å². The van der Waals surface area contributed by atoms with Crippen LogP contribution in [0.4, 0.5) is 10.6 Å². The highest BCUT2D eigenvalue weighted by Gasteiger charge is 2.27. The first kappa shape index (κ1) is 18.0. The summed E-state index contributed by atoms with van der Waals surface area (Å²) in [5, 5.41) is 3.27. The molecule has 0 radical (unpaired) electrons. The Bertz CT molecular complexity index is 575. The summed E-state index contributed by atoms with van der Waals surface area (Å²) in [6, 6.07) is 0.196. The second-order valence-electron chi connectivity index (χ2n) is 6.66. The average Bonchev–Trinajstić information content (AvgIpc) is 2.54. The van der Waals surface area contributed by atoms with E-state index in [1.807, 2.05) is 20.8 Å². The highest BCUT2D eigenvalue weighted by molar-refractivity contribution is 5.86. The van der Waals surface area contributed by atoms with E-state index in [-0.39, 0.29) is 17.8 Å². The molecule has 132 valence electrons. The van der Waals surface area contributed by atoms with Gasteiger partial charge < -0.3 is 19.7 Å². The van der Waals surface area contributed by atoms with E-state index in [2.05, 4.69) is 20.0 Å². The first-order chi connectivity index (χ1) is 11.3. The Morgan fingerprint density at radius 3 is 2.38 bits per heavy atom. The summed E-state index contributed by atoms with van der Waals surface area (Å²) in [5.74, 6) is 0.0816. The average molecular weight is 336 g/mol. The van der Waals surface area contributed by atoms with Crippen molar-refractivity contribution < 1.29 is 19.1 Å². The zero-order valence-corrected chi connectivity index (χ0v) is 14.5. The van der Waals surface area contributed by atoms with Crippen molar-refractivity contribution in [3.63, 3.8) is 0 Å². The van der Waals surface area contributed by atoms with E-state index in [0.717, 1.165) is 12.8 Å². The molecule has 8 heteroatoms. The summed E-state index contributed by atoms with van der Waals surface area (Å²) in [4.78, 5) is 33.2. The number of nitrogens with zero attached hydrogens (tertiary/aromatic N) is 3. The smallest absolute Gasteiger partial charge is 0.410 e. The van der Waals surface area contributed by atoms with Gasteiger partial charge in [-0.1, -0.05) is 0 Å². The Morgan fingerprint density at radius 2 is 1.88 bits per heavy atom. The van der Waals surface area contributed by atoms with Gasteiger partial charge in [-0.15, -0.1) is 0 Å². The van der Waals surface area contributed by atoms with Gasteiger partial charge in [0.1, 0.15) is 11.4 Å². The van der Waals surface area contributed by atoms with E-state index in [4.69, 9.17) is 4.74 Å². The number of hydrogen-bond donors (Lipinski definition) is 1. The van der Waals surface area contributed by atoms with Gasteiger partial charge in [0.05, 0.1) is 19.5 Å². The lowest BCUT2D eigenvalue weighted by molar-refractivity contribution is 0.0210. The molecular formula is C16H24N4O4. The number of esters is 1. The molecule has 1 aromatic heterocycles. The molecule has 0 aromatic carbocycles. The van der Waals surface area contributed by atoms with Crippen LogP contribution < -0.4 is 5.32 Å². The Labute approximate surface area is 141 Å². The molecule has 1 aliphatic rings. The van der Waals surface area contributed by atoms with Crippen LogP contribution in [0.15, 0.2) is 12.4 Å². The normalized spacial score (nSPS) is 15.8. The molecule has 0 saturated carbocycles. The third-order valence-corrected chi connectivity index (χ3v) is 3.55. The molecule has 0 aliphatic carbocycles. The molecule has 1 amide bonds. The predicted molar refractivity (Wildman–Crippen MR) is 87.8 cm³/mol. The van der Waals surface area contributed by atoms with Gasteiger partial charge in [0, 0.05) is 19.1 Å². The van der Waals surface area contributed by atoms with Gasteiger partial charge in [0.25, 0.3) is 0 Å². The minimum absolute atomic E-state index is 0.169. The fraction of sp³-hybridized carbons (Fsp3) is 0.625. The number of carbonyl (C=O) groups excluding carboxylic acids is 2. The summed E-state index contributed by atoms with van der Waals surface area (Å²) < 4.78 is 9.96. The van der Waals surface area contributed by atoms with Crippen LogP contribution >= 0.6 is 0 Å². The minimum Gasteiger partial charge on any atom is -0.464 e. The lowest BCUT2D eigenvalue weighted by atomic mass is 10.1. The van der Waals surface area contributed by atoms with E-state index in [0.29, 0.717) is 18.9 Å². The van der Waals surface area contributed by atoms with Crippen LogP contribution in [0.2, 0.25) is 0 Å². The molecule has 8 nitrogen and oxygen atoms in total. The number of hydrogen-bond acceptors (Lipinski definition) is 7.